The molecular formula is C18H16F3IN2O5. The molecule has 0 bridgehead atoms. The molecule has 0 aliphatic rings. The molecule has 11 heteroatoms. The van der Waals surface area contributed by atoms with E-state index in [0.29, 0.717) is 8.63 Å². The Balaban J connectivity index is 2.55. The number of hydrogen-bond acceptors (Lipinski definition) is 6. The van der Waals surface area contributed by atoms with Gasteiger partial charge in [0.05, 0.1) is 37.7 Å². The molecule has 1 amide bonds. The minimum atomic E-state index is -1.48. The number of carbonyl (C=O) groups is 2. The SMILES string of the molecule is COC(=O)c1cc(CN(OC)C(=O)CO)c(F)c(F)c1Nc1ccc(I)cc1F. The summed E-state index contributed by atoms with van der Waals surface area (Å²) in [5, 5.41) is 11.9. The molecule has 0 saturated heterocycles. The predicted molar refractivity (Wildman–Crippen MR) is 105 cm³/mol. The zero-order valence-electron chi connectivity index (χ0n) is 15.3. The molecule has 7 nitrogen and oxygen atoms in total. The minimum absolute atomic E-state index is 0.185. The van der Waals surface area contributed by atoms with Crippen LogP contribution in [-0.2, 0) is 20.9 Å². The van der Waals surface area contributed by atoms with Crippen molar-refractivity contribution in [3.63, 3.8) is 0 Å². The van der Waals surface area contributed by atoms with Crippen LogP contribution in [0.5, 0.6) is 0 Å². The monoisotopic (exact) mass is 524 g/mol. The molecule has 2 aromatic carbocycles. The Labute approximate surface area is 177 Å². The maximum absolute atomic E-state index is 14.8. The first-order valence-electron chi connectivity index (χ1n) is 8.00. The molecule has 0 unspecified atom stereocenters. The molecule has 0 aliphatic heterocycles. The molecule has 0 heterocycles. The van der Waals surface area contributed by atoms with Gasteiger partial charge in [-0.3, -0.25) is 9.63 Å². The molecular weight excluding hydrogens is 508 g/mol. The zero-order chi connectivity index (χ0) is 21.7. The van der Waals surface area contributed by atoms with Crippen LogP contribution in [0.2, 0.25) is 0 Å². The van der Waals surface area contributed by atoms with E-state index in [4.69, 9.17) is 9.94 Å². The smallest absolute Gasteiger partial charge is 0.340 e. The number of amides is 1. The van der Waals surface area contributed by atoms with Gasteiger partial charge in [-0.2, -0.15) is 0 Å². The second-order valence-electron chi connectivity index (χ2n) is 5.60. The number of carbonyl (C=O) groups excluding carboxylic acids is 2. The van der Waals surface area contributed by atoms with E-state index in [1.165, 1.54) is 18.2 Å². The fourth-order valence-electron chi connectivity index (χ4n) is 2.40. The molecule has 156 valence electrons. The molecule has 2 N–H and O–H groups in total. The van der Waals surface area contributed by atoms with Crippen LogP contribution < -0.4 is 5.32 Å². The number of halogens is 4. The van der Waals surface area contributed by atoms with Gasteiger partial charge >= 0.3 is 5.97 Å². The average Bonchev–Trinajstić information content (AvgIpc) is 2.71. The van der Waals surface area contributed by atoms with Crippen molar-refractivity contribution >= 4 is 45.8 Å². The number of rotatable bonds is 7. The van der Waals surface area contributed by atoms with Crippen molar-refractivity contribution in [3.05, 3.63) is 56.4 Å². The molecule has 2 aromatic rings. The van der Waals surface area contributed by atoms with Gasteiger partial charge in [0, 0.05) is 9.13 Å². The Kier molecular flexibility index (Phi) is 7.81. The van der Waals surface area contributed by atoms with E-state index in [-0.39, 0.29) is 5.69 Å². The van der Waals surface area contributed by atoms with Crippen LogP contribution in [0.3, 0.4) is 0 Å². The van der Waals surface area contributed by atoms with E-state index in [1.807, 2.05) is 22.6 Å². The van der Waals surface area contributed by atoms with Crippen molar-refractivity contribution in [2.24, 2.45) is 0 Å². The van der Waals surface area contributed by atoms with Gasteiger partial charge in [0.25, 0.3) is 5.91 Å². The first-order chi connectivity index (χ1) is 13.7. The first-order valence-corrected chi connectivity index (χ1v) is 9.07. The van der Waals surface area contributed by atoms with E-state index in [2.05, 4.69) is 10.1 Å². The molecule has 0 aromatic heterocycles. The number of benzene rings is 2. The third kappa shape index (κ3) is 5.16. The summed E-state index contributed by atoms with van der Waals surface area (Å²) in [7, 11) is 2.13. The highest BCUT2D eigenvalue weighted by Gasteiger charge is 2.26. The molecule has 0 aliphatic carbocycles. The van der Waals surface area contributed by atoms with Crippen molar-refractivity contribution < 1.29 is 37.4 Å². The number of ether oxygens (including phenoxy) is 1. The number of nitrogens with one attached hydrogen (secondary N) is 1. The van der Waals surface area contributed by atoms with Crippen molar-refractivity contribution in [3.8, 4) is 0 Å². The molecule has 0 atom stereocenters. The summed E-state index contributed by atoms with van der Waals surface area (Å²) in [5.74, 6) is -5.53. The summed E-state index contributed by atoms with van der Waals surface area (Å²) in [4.78, 5) is 28.4. The van der Waals surface area contributed by atoms with E-state index < -0.39 is 59.3 Å². The zero-order valence-corrected chi connectivity index (χ0v) is 17.4. The van der Waals surface area contributed by atoms with E-state index >= 15 is 0 Å². The Morgan fingerprint density at radius 2 is 1.86 bits per heavy atom. The average molecular weight is 524 g/mol. The van der Waals surface area contributed by atoms with Crippen LogP contribution in [0.1, 0.15) is 15.9 Å². The molecule has 0 fully saturated rings. The standard InChI is InChI=1S/C18H16F3IN2O5/c1-28-18(27)11-5-9(7-24(29-2)14(26)8-25)15(20)16(21)17(11)23-13-4-3-10(22)6-12(13)19/h3-6,23,25H,7-8H2,1-2H3. The number of esters is 1. The minimum Gasteiger partial charge on any atom is -0.465 e. The van der Waals surface area contributed by atoms with E-state index in [1.54, 1.807) is 0 Å². The number of hydroxylamine groups is 2. The highest BCUT2D eigenvalue weighted by atomic mass is 127. The van der Waals surface area contributed by atoms with Gasteiger partial charge in [0.1, 0.15) is 12.4 Å². The Bertz CT molecular complexity index is 942. The number of hydrogen-bond donors (Lipinski definition) is 2. The summed E-state index contributed by atoms with van der Waals surface area (Å²) in [5.41, 5.74) is -1.65. The van der Waals surface area contributed by atoms with Crippen molar-refractivity contribution in [1.29, 1.82) is 0 Å². The summed E-state index contributed by atoms with van der Waals surface area (Å²) < 4.78 is 48.7. The fraction of sp³-hybridized carbons (Fsp3) is 0.222. The van der Waals surface area contributed by atoms with Crippen molar-refractivity contribution in [2.75, 3.05) is 26.1 Å². The lowest BCUT2D eigenvalue weighted by Crippen LogP contribution is -2.32. The number of nitrogens with zero attached hydrogens (tertiary/aromatic N) is 1. The highest BCUT2D eigenvalue weighted by molar-refractivity contribution is 14.1. The summed E-state index contributed by atoms with van der Waals surface area (Å²) in [6, 6.07) is 4.95. The second kappa shape index (κ2) is 9.89. The van der Waals surface area contributed by atoms with Crippen LogP contribution in [0, 0.1) is 21.0 Å². The topological polar surface area (TPSA) is 88.1 Å². The highest BCUT2D eigenvalue weighted by Crippen LogP contribution is 2.31. The molecule has 0 spiro atoms. The maximum Gasteiger partial charge on any atom is 0.340 e. The van der Waals surface area contributed by atoms with Crippen molar-refractivity contribution in [2.45, 2.75) is 6.54 Å². The van der Waals surface area contributed by atoms with Gasteiger partial charge in [-0.25, -0.2) is 23.0 Å². The van der Waals surface area contributed by atoms with Crippen LogP contribution in [0.4, 0.5) is 24.5 Å². The van der Waals surface area contributed by atoms with Gasteiger partial charge in [0.2, 0.25) is 0 Å². The van der Waals surface area contributed by atoms with Crippen molar-refractivity contribution in [1.82, 2.24) is 5.06 Å². The van der Waals surface area contributed by atoms with Gasteiger partial charge < -0.3 is 15.2 Å². The molecule has 0 saturated carbocycles. The first kappa shape index (κ1) is 22.9. The van der Waals surface area contributed by atoms with E-state index in [0.717, 1.165) is 20.3 Å². The third-order valence-electron chi connectivity index (χ3n) is 3.83. The fourth-order valence-corrected chi connectivity index (χ4v) is 2.85. The Hall–Kier alpha value is -2.38. The summed E-state index contributed by atoms with van der Waals surface area (Å²) in [6.07, 6.45) is 0. The number of aliphatic hydroxyl groups excluding tert-OH is 1. The normalized spacial score (nSPS) is 10.6. The summed E-state index contributed by atoms with van der Waals surface area (Å²) >= 11 is 1.88. The van der Waals surface area contributed by atoms with E-state index in [9.17, 15) is 22.8 Å². The molecule has 0 radical (unpaired) electrons. The molecule has 29 heavy (non-hydrogen) atoms. The maximum atomic E-state index is 14.8. The van der Waals surface area contributed by atoms with Crippen LogP contribution >= 0.6 is 22.6 Å². The Morgan fingerprint density at radius 3 is 2.41 bits per heavy atom. The van der Waals surface area contributed by atoms with Gasteiger partial charge in [-0.05, 0) is 46.9 Å². The summed E-state index contributed by atoms with van der Waals surface area (Å²) in [6.45, 7) is -1.52. The van der Waals surface area contributed by atoms with Crippen LogP contribution in [-0.4, -0.2) is 42.9 Å². The number of aliphatic hydroxyl groups is 1. The third-order valence-corrected chi connectivity index (χ3v) is 4.50. The van der Waals surface area contributed by atoms with Gasteiger partial charge in [0.15, 0.2) is 11.6 Å². The second-order valence-corrected chi connectivity index (χ2v) is 6.84. The number of anilines is 2. The Morgan fingerprint density at radius 1 is 1.17 bits per heavy atom. The predicted octanol–water partition coefficient (Wildman–Crippen LogP) is 3.12. The van der Waals surface area contributed by atoms with Gasteiger partial charge in [-0.1, -0.05) is 0 Å². The lowest BCUT2D eigenvalue weighted by molar-refractivity contribution is -0.182. The van der Waals surface area contributed by atoms with Crippen LogP contribution in [0.15, 0.2) is 24.3 Å². The largest absolute Gasteiger partial charge is 0.465 e. The van der Waals surface area contributed by atoms with Gasteiger partial charge in [-0.15, -0.1) is 0 Å². The lowest BCUT2D eigenvalue weighted by atomic mass is 10.1. The number of methoxy groups -OCH3 is 1. The quantitative estimate of drug-likeness (QED) is 0.329. The lowest BCUT2D eigenvalue weighted by Gasteiger charge is -2.21. The van der Waals surface area contributed by atoms with Crippen LogP contribution in [0.25, 0.3) is 0 Å². The molecule has 2 rings (SSSR count).